The number of rotatable bonds is 4. The molecule has 0 aromatic heterocycles. The van der Waals surface area contributed by atoms with Gasteiger partial charge in [-0.15, -0.1) is 0 Å². The highest BCUT2D eigenvalue weighted by Crippen LogP contribution is 2.16. The molecule has 0 radical (unpaired) electrons. The lowest BCUT2D eigenvalue weighted by molar-refractivity contribution is -0.143. The molecule has 2 rings (SSSR count). The molecule has 0 bridgehead atoms. The predicted molar refractivity (Wildman–Crippen MR) is 92.1 cm³/mol. The van der Waals surface area contributed by atoms with Crippen LogP contribution < -0.4 is 5.32 Å². The van der Waals surface area contributed by atoms with Gasteiger partial charge >= 0.3 is 11.8 Å². The van der Waals surface area contributed by atoms with Crippen molar-refractivity contribution in [1.82, 2.24) is 4.90 Å². The molecular formula is C19H22N2O2. The van der Waals surface area contributed by atoms with Crippen LogP contribution in [-0.2, 0) is 16.1 Å². The van der Waals surface area contributed by atoms with E-state index in [-0.39, 0.29) is 0 Å². The molecule has 4 nitrogen and oxygen atoms in total. The van der Waals surface area contributed by atoms with Crippen LogP contribution >= 0.6 is 0 Å². The smallest absolute Gasteiger partial charge is 0.313 e. The number of carbonyl (C=O) groups is 2. The van der Waals surface area contributed by atoms with Crippen molar-refractivity contribution < 1.29 is 9.59 Å². The van der Waals surface area contributed by atoms with E-state index in [0.29, 0.717) is 18.8 Å². The molecule has 2 aromatic rings. The maximum atomic E-state index is 12.4. The molecule has 0 saturated heterocycles. The Labute approximate surface area is 137 Å². The normalized spacial score (nSPS) is 10.2. The van der Waals surface area contributed by atoms with Crippen LogP contribution in [0.3, 0.4) is 0 Å². The van der Waals surface area contributed by atoms with E-state index in [0.717, 1.165) is 16.7 Å². The summed E-state index contributed by atoms with van der Waals surface area (Å²) in [5, 5.41) is 2.71. The summed E-state index contributed by atoms with van der Waals surface area (Å²) in [6.45, 7) is 6.67. The fourth-order valence-corrected chi connectivity index (χ4v) is 2.40. The minimum Gasteiger partial charge on any atom is -0.330 e. The lowest BCUT2D eigenvalue weighted by Crippen LogP contribution is -2.39. The fourth-order valence-electron chi connectivity index (χ4n) is 2.40. The number of likely N-dealkylation sites (N-methyl/N-ethyl adjacent to an activating group) is 1. The summed E-state index contributed by atoms with van der Waals surface area (Å²) in [7, 11) is 0. The molecule has 120 valence electrons. The highest BCUT2D eigenvalue weighted by Gasteiger charge is 2.21. The predicted octanol–water partition coefficient (Wildman–Crippen LogP) is 3.29. The van der Waals surface area contributed by atoms with Gasteiger partial charge in [0.25, 0.3) is 0 Å². The van der Waals surface area contributed by atoms with Gasteiger partial charge in [-0.2, -0.15) is 0 Å². The molecule has 0 heterocycles. The van der Waals surface area contributed by atoms with Gasteiger partial charge < -0.3 is 10.2 Å². The molecule has 0 saturated carbocycles. The summed E-state index contributed by atoms with van der Waals surface area (Å²) in [5.41, 5.74) is 3.73. The Kier molecular flexibility index (Phi) is 5.52. The Morgan fingerprint density at radius 2 is 1.74 bits per heavy atom. The molecule has 0 aliphatic heterocycles. The van der Waals surface area contributed by atoms with Crippen LogP contribution in [0.15, 0.2) is 48.5 Å². The molecule has 0 aliphatic rings. The van der Waals surface area contributed by atoms with Crippen molar-refractivity contribution in [1.29, 1.82) is 0 Å². The summed E-state index contributed by atoms with van der Waals surface area (Å²) in [4.78, 5) is 26.1. The quantitative estimate of drug-likeness (QED) is 0.881. The Balaban J connectivity index is 2.06. The molecular weight excluding hydrogens is 288 g/mol. The number of nitrogens with one attached hydrogen (secondary N) is 1. The highest BCUT2D eigenvalue weighted by atomic mass is 16.2. The Morgan fingerprint density at radius 3 is 2.35 bits per heavy atom. The second-order valence-electron chi connectivity index (χ2n) is 5.58. The molecule has 0 atom stereocenters. The zero-order valence-corrected chi connectivity index (χ0v) is 13.8. The van der Waals surface area contributed by atoms with Crippen molar-refractivity contribution in [2.45, 2.75) is 27.3 Å². The standard InChI is InChI=1S/C19H22N2O2/c1-4-21(13-16-8-6-5-7-9-16)19(23)18(22)20-17-11-10-14(2)12-15(17)3/h5-12H,4,13H2,1-3H3,(H,20,22). The second kappa shape index (κ2) is 7.58. The first-order valence-electron chi connectivity index (χ1n) is 7.72. The van der Waals surface area contributed by atoms with E-state index in [4.69, 9.17) is 0 Å². The lowest BCUT2D eigenvalue weighted by atomic mass is 10.1. The minimum absolute atomic E-state index is 0.427. The van der Waals surface area contributed by atoms with E-state index in [1.165, 1.54) is 4.90 Å². The molecule has 23 heavy (non-hydrogen) atoms. The first-order valence-corrected chi connectivity index (χ1v) is 7.72. The van der Waals surface area contributed by atoms with Gasteiger partial charge in [-0.3, -0.25) is 9.59 Å². The van der Waals surface area contributed by atoms with Crippen LogP contribution in [0.1, 0.15) is 23.6 Å². The summed E-state index contributed by atoms with van der Waals surface area (Å²) in [6.07, 6.45) is 0. The van der Waals surface area contributed by atoms with Gasteiger partial charge in [-0.25, -0.2) is 0 Å². The Hall–Kier alpha value is -2.62. The van der Waals surface area contributed by atoms with Gasteiger partial charge in [0.1, 0.15) is 0 Å². The van der Waals surface area contributed by atoms with E-state index in [2.05, 4.69) is 5.32 Å². The summed E-state index contributed by atoms with van der Waals surface area (Å²) < 4.78 is 0. The molecule has 1 N–H and O–H groups in total. The van der Waals surface area contributed by atoms with Gasteiger partial charge in [0.15, 0.2) is 0 Å². The van der Waals surface area contributed by atoms with Crippen molar-refractivity contribution in [3.05, 3.63) is 65.2 Å². The van der Waals surface area contributed by atoms with Crippen LogP contribution in [0.4, 0.5) is 5.69 Å². The van der Waals surface area contributed by atoms with Crippen LogP contribution in [0, 0.1) is 13.8 Å². The number of hydrogen-bond donors (Lipinski definition) is 1. The maximum absolute atomic E-state index is 12.4. The van der Waals surface area contributed by atoms with Gasteiger partial charge in [0.05, 0.1) is 0 Å². The zero-order valence-electron chi connectivity index (χ0n) is 13.8. The number of carbonyl (C=O) groups excluding carboxylic acids is 2. The molecule has 0 unspecified atom stereocenters. The summed E-state index contributed by atoms with van der Waals surface area (Å²) >= 11 is 0. The Morgan fingerprint density at radius 1 is 1.04 bits per heavy atom. The van der Waals surface area contributed by atoms with E-state index < -0.39 is 11.8 Å². The highest BCUT2D eigenvalue weighted by molar-refractivity contribution is 6.39. The number of benzene rings is 2. The van der Waals surface area contributed by atoms with Gasteiger partial charge in [0, 0.05) is 18.8 Å². The van der Waals surface area contributed by atoms with Gasteiger partial charge in [-0.05, 0) is 38.0 Å². The first kappa shape index (κ1) is 16.7. The molecule has 2 aromatic carbocycles. The minimum atomic E-state index is -0.602. The largest absolute Gasteiger partial charge is 0.330 e. The van der Waals surface area contributed by atoms with E-state index >= 15 is 0 Å². The topological polar surface area (TPSA) is 49.4 Å². The second-order valence-corrected chi connectivity index (χ2v) is 5.58. The molecule has 0 aliphatic carbocycles. The first-order chi connectivity index (χ1) is 11.0. The van der Waals surface area contributed by atoms with Crippen molar-refractivity contribution in [3.8, 4) is 0 Å². The number of hydrogen-bond acceptors (Lipinski definition) is 2. The molecule has 0 fully saturated rings. The Bertz CT molecular complexity index is 696. The van der Waals surface area contributed by atoms with Crippen LogP contribution in [0.2, 0.25) is 0 Å². The van der Waals surface area contributed by atoms with E-state index in [9.17, 15) is 9.59 Å². The summed E-state index contributed by atoms with van der Waals surface area (Å²) in [5.74, 6) is -1.12. The van der Waals surface area contributed by atoms with Crippen molar-refractivity contribution in [2.75, 3.05) is 11.9 Å². The lowest BCUT2D eigenvalue weighted by Gasteiger charge is -2.20. The van der Waals surface area contributed by atoms with Gasteiger partial charge in [-0.1, -0.05) is 48.0 Å². The average Bonchev–Trinajstić information content (AvgIpc) is 2.55. The van der Waals surface area contributed by atoms with Crippen molar-refractivity contribution in [3.63, 3.8) is 0 Å². The van der Waals surface area contributed by atoms with Crippen LogP contribution in [0.5, 0.6) is 0 Å². The average molecular weight is 310 g/mol. The molecule has 0 spiro atoms. The van der Waals surface area contributed by atoms with Crippen molar-refractivity contribution >= 4 is 17.5 Å². The van der Waals surface area contributed by atoms with Crippen LogP contribution in [0.25, 0.3) is 0 Å². The van der Waals surface area contributed by atoms with E-state index in [1.807, 2.05) is 69.3 Å². The fraction of sp³-hybridized carbons (Fsp3) is 0.263. The number of amides is 2. The number of anilines is 1. The van der Waals surface area contributed by atoms with Gasteiger partial charge in [0.2, 0.25) is 0 Å². The SMILES string of the molecule is CCN(Cc1ccccc1)C(=O)C(=O)Nc1ccc(C)cc1C. The summed E-state index contributed by atoms with van der Waals surface area (Å²) in [6, 6.07) is 15.4. The zero-order chi connectivity index (χ0) is 16.8. The number of aryl methyl sites for hydroxylation is 2. The molecule has 2 amide bonds. The van der Waals surface area contributed by atoms with Crippen LogP contribution in [-0.4, -0.2) is 23.3 Å². The van der Waals surface area contributed by atoms with Crippen molar-refractivity contribution in [2.24, 2.45) is 0 Å². The molecule has 4 heteroatoms. The third-order valence-corrected chi connectivity index (χ3v) is 3.71. The maximum Gasteiger partial charge on any atom is 0.313 e. The third kappa shape index (κ3) is 4.42. The number of nitrogens with zero attached hydrogens (tertiary/aromatic N) is 1. The monoisotopic (exact) mass is 310 g/mol. The van der Waals surface area contributed by atoms with E-state index in [1.54, 1.807) is 0 Å². The third-order valence-electron chi connectivity index (χ3n) is 3.71.